The number of nitrogens with zero attached hydrogens (tertiary/aromatic N) is 4. The summed E-state index contributed by atoms with van der Waals surface area (Å²) in [4.78, 5) is 31.0. The summed E-state index contributed by atoms with van der Waals surface area (Å²) in [7, 11) is 0. The van der Waals surface area contributed by atoms with Crippen molar-refractivity contribution in [2.45, 2.75) is 67.9 Å². The van der Waals surface area contributed by atoms with E-state index in [1.165, 1.54) is 11.8 Å². The zero-order chi connectivity index (χ0) is 30.8. The van der Waals surface area contributed by atoms with E-state index in [2.05, 4.69) is 48.5 Å². The van der Waals surface area contributed by atoms with Gasteiger partial charge in [0.1, 0.15) is 16.9 Å². The van der Waals surface area contributed by atoms with Crippen molar-refractivity contribution in [2.75, 3.05) is 26.3 Å². The molecule has 0 fully saturated rings. The van der Waals surface area contributed by atoms with Crippen LogP contribution >= 0.6 is 22.9 Å². The van der Waals surface area contributed by atoms with Crippen molar-refractivity contribution < 1.29 is 14.3 Å². The van der Waals surface area contributed by atoms with Gasteiger partial charge in [0.2, 0.25) is 11.8 Å². The number of aliphatic imine (C=N–C) groups is 1. The van der Waals surface area contributed by atoms with Crippen LogP contribution in [0.4, 0.5) is 0 Å². The molecule has 0 bridgehead atoms. The lowest BCUT2D eigenvalue weighted by atomic mass is 9.93. The molecule has 42 heavy (non-hydrogen) atoms. The van der Waals surface area contributed by atoms with Crippen LogP contribution in [-0.2, 0) is 14.3 Å². The van der Waals surface area contributed by atoms with Gasteiger partial charge < -0.3 is 15.4 Å². The van der Waals surface area contributed by atoms with Gasteiger partial charge in [-0.1, -0.05) is 51.4 Å². The van der Waals surface area contributed by atoms with Gasteiger partial charge in [0, 0.05) is 51.9 Å². The third-order valence-corrected chi connectivity index (χ3v) is 8.75. The standard InChI is InChI=1S/C31H41ClN6O3S/c1-18-19(2)42-29-26(18)27(22-9-11-23(32)12-10-22)35-24(28-37-36-20(3)38(28)29)13-25(40)34-15-31(7,8)17-41-16-30(5,6)14-33-21(4)39/h9-12,24H,13-17H2,1-8H3,(H,33,39)(H,34,40). The fourth-order valence-corrected chi connectivity index (χ4v) is 6.13. The van der Waals surface area contributed by atoms with Crippen LogP contribution in [-0.4, -0.2) is 58.6 Å². The summed E-state index contributed by atoms with van der Waals surface area (Å²) in [6.07, 6.45) is 0.128. The van der Waals surface area contributed by atoms with E-state index in [9.17, 15) is 9.59 Å². The van der Waals surface area contributed by atoms with Gasteiger partial charge in [-0.15, -0.1) is 21.5 Å². The molecule has 0 aliphatic carbocycles. The lowest BCUT2D eigenvalue weighted by Crippen LogP contribution is -2.39. The minimum Gasteiger partial charge on any atom is -0.380 e. The maximum Gasteiger partial charge on any atom is 0.222 e. The Kier molecular flexibility index (Phi) is 9.59. The summed E-state index contributed by atoms with van der Waals surface area (Å²) < 4.78 is 8.05. The van der Waals surface area contributed by atoms with Crippen LogP contribution in [0.2, 0.25) is 5.02 Å². The van der Waals surface area contributed by atoms with Gasteiger partial charge in [0.25, 0.3) is 0 Å². The van der Waals surface area contributed by atoms with Crippen LogP contribution in [0.3, 0.4) is 0 Å². The molecule has 1 atom stereocenters. The molecule has 0 saturated carbocycles. The Balaban J connectivity index is 1.51. The molecule has 2 aromatic heterocycles. The average Bonchev–Trinajstić information content (AvgIpc) is 3.39. The number of halogens is 1. The molecule has 3 heterocycles. The molecule has 11 heteroatoms. The van der Waals surface area contributed by atoms with Crippen LogP contribution in [0.1, 0.15) is 80.3 Å². The SMILES string of the molecule is CC(=O)NCC(C)(C)COCC(C)(C)CNC(=O)CC1N=C(c2ccc(Cl)cc2)c2c(sc(C)c2C)-n2c(C)nnc21. The molecule has 2 amide bonds. The Morgan fingerprint density at radius 3 is 2.24 bits per heavy atom. The minimum atomic E-state index is -0.523. The van der Waals surface area contributed by atoms with Crippen molar-refractivity contribution in [3.8, 4) is 5.00 Å². The largest absolute Gasteiger partial charge is 0.380 e. The number of amides is 2. The summed E-state index contributed by atoms with van der Waals surface area (Å²) in [5.74, 6) is 1.23. The first-order valence-corrected chi connectivity index (χ1v) is 15.3. The number of aryl methyl sites for hydroxylation is 2. The first-order valence-electron chi connectivity index (χ1n) is 14.1. The Labute approximate surface area is 257 Å². The minimum absolute atomic E-state index is 0.0568. The number of hydrogen-bond acceptors (Lipinski definition) is 7. The zero-order valence-electron chi connectivity index (χ0n) is 25.7. The number of hydrogen-bond donors (Lipinski definition) is 2. The summed E-state index contributed by atoms with van der Waals surface area (Å²) >= 11 is 7.89. The molecule has 4 rings (SSSR count). The second kappa shape index (κ2) is 12.7. The van der Waals surface area contributed by atoms with E-state index >= 15 is 0 Å². The Morgan fingerprint density at radius 2 is 1.62 bits per heavy atom. The number of ether oxygens (including phenoxy) is 1. The third kappa shape index (κ3) is 7.46. The maximum absolute atomic E-state index is 13.4. The van der Waals surface area contributed by atoms with E-state index in [1.807, 2.05) is 49.6 Å². The first kappa shape index (κ1) is 31.8. The molecule has 1 aliphatic rings. The third-order valence-electron chi connectivity index (χ3n) is 7.30. The van der Waals surface area contributed by atoms with E-state index in [-0.39, 0.29) is 29.1 Å². The lowest BCUT2D eigenvalue weighted by molar-refractivity contribution is -0.122. The molecule has 0 saturated heterocycles. The van der Waals surface area contributed by atoms with Crippen LogP contribution in [0.15, 0.2) is 29.3 Å². The number of carbonyl (C=O) groups excluding carboxylic acids is 2. The van der Waals surface area contributed by atoms with Crippen molar-refractivity contribution in [1.29, 1.82) is 0 Å². The van der Waals surface area contributed by atoms with Crippen molar-refractivity contribution in [1.82, 2.24) is 25.4 Å². The summed E-state index contributed by atoms with van der Waals surface area (Å²) in [5, 5.41) is 16.5. The monoisotopic (exact) mass is 612 g/mol. The molecule has 2 N–H and O–H groups in total. The molecule has 1 unspecified atom stereocenters. The average molecular weight is 613 g/mol. The summed E-state index contributed by atoms with van der Waals surface area (Å²) in [5.41, 5.74) is 3.44. The predicted octanol–water partition coefficient (Wildman–Crippen LogP) is 5.51. The molecule has 226 valence electrons. The van der Waals surface area contributed by atoms with Crippen molar-refractivity contribution in [3.05, 3.63) is 62.5 Å². The summed E-state index contributed by atoms with van der Waals surface area (Å²) in [6.45, 7) is 17.8. The molecule has 0 spiro atoms. The van der Waals surface area contributed by atoms with Gasteiger partial charge in [-0.05, 0) is 38.5 Å². The predicted molar refractivity (Wildman–Crippen MR) is 168 cm³/mol. The summed E-state index contributed by atoms with van der Waals surface area (Å²) in [6, 6.07) is 7.12. The zero-order valence-corrected chi connectivity index (χ0v) is 27.3. The molecule has 0 radical (unpaired) electrons. The van der Waals surface area contributed by atoms with Gasteiger partial charge in [0.15, 0.2) is 5.82 Å². The molecule has 9 nitrogen and oxygen atoms in total. The first-order chi connectivity index (χ1) is 19.7. The van der Waals surface area contributed by atoms with Gasteiger partial charge in [0.05, 0.1) is 25.3 Å². The highest BCUT2D eigenvalue weighted by molar-refractivity contribution is 7.15. The van der Waals surface area contributed by atoms with E-state index in [0.29, 0.717) is 37.2 Å². The fourth-order valence-electron chi connectivity index (χ4n) is 4.79. The number of thiophene rings is 1. The lowest BCUT2D eigenvalue weighted by Gasteiger charge is -2.29. The smallest absolute Gasteiger partial charge is 0.222 e. The van der Waals surface area contributed by atoms with E-state index in [1.54, 1.807) is 11.3 Å². The number of nitrogens with one attached hydrogen (secondary N) is 2. The number of benzene rings is 1. The maximum atomic E-state index is 13.4. The Hall–Kier alpha value is -3.08. The molecule has 1 aliphatic heterocycles. The molecular formula is C31H41ClN6O3S. The van der Waals surface area contributed by atoms with E-state index in [4.69, 9.17) is 21.3 Å². The second-order valence-corrected chi connectivity index (χ2v) is 14.3. The van der Waals surface area contributed by atoms with Crippen LogP contribution in [0, 0.1) is 31.6 Å². The van der Waals surface area contributed by atoms with Crippen molar-refractivity contribution >= 4 is 40.5 Å². The normalized spacial score (nSPS) is 15.0. The highest BCUT2D eigenvalue weighted by Gasteiger charge is 2.33. The number of aromatic nitrogens is 3. The van der Waals surface area contributed by atoms with E-state index in [0.717, 1.165) is 33.2 Å². The number of carbonyl (C=O) groups is 2. The van der Waals surface area contributed by atoms with Crippen LogP contribution in [0.5, 0.6) is 0 Å². The van der Waals surface area contributed by atoms with Gasteiger partial charge in [-0.3, -0.25) is 19.1 Å². The Bertz CT molecular complexity index is 1490. The fraction of sp³-hybridized carbons (Fsp3) is 0.516. The quantitative estimate of drug-likeness (QED) is 0.297. The highest BCUT2D eigenvalue weighted by Crippen LogP contribution is 2.39. The van der Waals surface area contributed by atoms with E-state index < -0.39 is 6.04 Å². The number of fused-ring (bicyclic) bond motifs is 3. The second-order valence-electron chi connectivity index (χ2n) is 12.6. The van der Waals surface area contributed by atoms with Gasteiger partial charge in [-0.25, -0.2) is 0 Å². The van der Waals surface area contributed by atoms with Crippen LogP contribution < -0.4 is 10.6 Å². The highest BCUT2D eigenvalue weighted by atomic mass is 35.5. The van der Waals surface area contributed by atoms with Crippen LogP contribution in [0.25, 0.3) is 5.00 Å². The molecule has 3 aromatic rings. The van der Waals surface area contributed by atoms with Crippen molar-refractivity contribution in [3.63, 3.8) is 0 Å². The van der Waals surface area contributed by atoms with Gasteiger partial charge >= 0.3 is 0 Å². The molecule has 1 aromatic carbocycles. The van der Waals surface area contributed by atoms with Crippen molar-refractivity contribution in [2.24, 2.45) is 15.8 Å². The molecular weight excluding hydrogens is 572 g/mol. The Morgan fingerprint density at radius 1 is 1.00 bits per heavy atom. The van der Waals surface area contributed by atoms with Gasteiger partial charge in [-0.2, -0.15) is 0 Å². The number of rotatable bonds is 11. The topological polar surface area (TPSA) is 110 Å².